The largest absolute Gasteiger partial charge is 0.367 e. The number of aliphatic hydroxyl groups is 1. The van der Waals surface area contributed by atoms with Crippen molar-refractivity contribution in [3.63, 3.8) is 0 Å². The molecule has 0 aliphatic heterocycles. The molecule has 92 valence electrons. The maximum Gasteiger partial charge on any atom is 0.253 e. The second-order valence-electron chi connectivity index (χ2n) is 4.86. The van der Waals surface area contributed by atoms with E-state index in [1.165, 1.54) is 0 Å². The van der Waals surface area contributed by atoms with Crippen LogP contribution in [0.15, 0.2) is 30.3 Å². The lowest BCUT2D eigenvalue weighted by atomic mass is 9.90. The number of carbonyl (C=O) groups is 2. The fourth-order valence-corrected chi connectivity index (χ4v) is 1.27. The lowest BCUT2D eigenvalue weighted by Crippen LogP contribution is -2.45. The number of benzene rings is 1. The van der Waals surface area contributed by atoms with Crippen LogP contribution in [-0.2, 0) is 4.79 Å². The first-order valence-electron chi connectivity index (χ1n) is 5.40. The molecule has 0 aromatic heterocycles. The summed E-state index contributed by atoms with van der Waals surface area (Å²) >= 11 is 0. The SMILES string of the molecule is CC(C)(C)C(=O)C(O)NC(=O)c1ccccc1. The van der Waals surface area contributed by atoms with Gasteiger partial charge in [-0.05, 0) is 12.1 Å². The Bertz CT molecular complexity index is 406. The van der Waals surface area contributed by atoms with E-state index in [2.05, 4.69) is 5.32 Å². The molecule has 0 heterocycles. The Morgan fingerprint density at radius 1 is 1.18 bits per heavy atom. The second kappa shape index (κ2) is 5.10. The summed E-state index contributed by atoms with van der Waals surface area (Å²) in [5, 5.41) is 11.9. The van der Waals surface area contributed by atoms with E-state index in [1.54, 1.807) is 51.1 Å². The van der Waals surface area contributed by atoms with E-state index in [-0.39, 0.29) is 0 Å². The zero-order valence-electron chi connectivity index (χ0n) is 10.2. The van der Waals surface area contributed by atoms with Crippen molar-refractivity contribution in [3.05, 3.63) is 35.9 Å². The summed E-state index contributed by atoms with van der Waals surface area (Å²) in [5.74, 6) is -0.877. The number of nitrogens with one attached hydrogen (secondary N) is 1. The molecule has 1 rings (SSSR count). The average Bonchev–Trinajstić information content (AvgIpc) is 2.27. The van der Waals surface area contributed by atoms with Gasteiger partial charge in [0.25, 0.3) is 5.91 Å². The number of carbonyl (C=O) groups excluding carboxylic acids is 2. The highest BCUT2D eigenvalue weighted by Gasteiger charge is 2.29. The number of hydrogen-bond donors (Lipinski definition) is 2. The van der Waals surface area contributed by atoms with Crippen LogP contribution in [0.5, 0.6) is 0 Å². The van der Waals surface area contributed by atoms with Crippen molar-refractivity contribution in [1.82, 2.24) is 5.32 Å². The Morgan fingerprint density at radius 3 is 2.18 bits per heavy atom. The van der Waals surface area contributed by atoms with Gasteiger partial charge in [-0.3, -0.25) is 9.59 Å². The summed E-state index contributed by atoms with van der Waals surface area (Å²) < 4.78 is 0. The zero-order chi connectivity index (χ0) is 13.1. The molecule has 1 amide bonds. The summed E-state index contributed by atoms with van der Waals surface area (Å²) in [4.78, 5) is 23.3. The van der Waals surface area contributed by atoms with Gasteiger partial charge in [-0.25, -0.2) is 0 Å². The molecule has 17 heavy (non-hydrogen) atoms. The van der Waals surface area contributed by atoms with Crippen LogP contribution in [0.25, 0.3) is 0 Å². The second-order valence-corrected chi connectivity index (χ2v) is 4.86. The molecule has 1 atom stereocenters. The van der Waals surface area contributed by atoms with Gasteiger partial charge in [0.1, 0.15) is 0 Å². The van der Waals surface area contributed by atoms with Crippen LogP contribution in [0, 0.1) is 5.41 Å². The quantitative estimate of drug-likeness (QED) is 0.777. The van der Waals surface area contributed by atoms with Gasteiger partial charge in [-0.2, -0.15) is 0 Å². The lowest BCUT2D eigenvalue weighted by molar-refractivity contribution is -0.136. The minimum absolute atomic E-state index is 0.410. The Morgan fingerprint density at radius 2 is 1.71 bits per heavy atom. The maximum absolute atomic E-state index is 11.7. The number of rotatable bonds is 3. The topological polar surface area (TPSA) is 66.4 Å². The summed E-state index contributed by atoms with van der Waals surface area (Å²) in [7, 11) is 0. The molecule has 4 heteroatoms. The summed E-state index contributed by atoms with van der Waals surface area (Å²) in [5.41, 5.74) is -0.281. The molecule has 1 unspecified atom stereocenters. The lowest BCUT2D eigenvalue weighted by Gasteiger charge is -2.21. The predicted octanol–water partition coefficient (Wildman–Crippen LogP) is 1.35. The van der Waals surface area contributed by atoms with Crippen LogP contribution in [0.1, 0.15) is 31.1 Å². The highest BCUT2D eigenvalue weighted by Crippen LogP contribution is 2.16. The third-order valence-electron chi connectivity index (χ3n) is 2.29. The van der Waals surface area contributed by atoms with Gasteiger partial charge < -0.3 is 10.4 Å². The number of amides is 1. The highest BCUT2D eigenvalue weighted by molar-refractivity contribution is 5.98. The minimum Gasteiger partial charge on any atom is -0.367 e. The van der Waals surface area contributed by atoms with E-state index in [4.69, 9.17) is 0 Å². The molecule has 0 aliphatic carbocycles. The van der Waals surface area contributed by atoms with Gasteiger partial charge in [0.15, 0.2) is 12.0 Å². The van der Waals surface area contributed by atoms with Gasteiger partial charge >= 0.3 is 0 Å². The monoisotopic (exact) mass is 235 g/mol. The Kier molecular flexibility index (Phi) is 4.02. The van der Waals surface area contributed by atoms with Crippen LogP contribution >= 0.6 is 0 Å². The molecule has 0 spiro atoms. The van der Waals surface area contributed by atoms with Gasteiger partial charge in [0.2, 0.25) is 0 Å². The van der Waals surface area contributed by atoms with Crippen molar-refractivity contribution in [2.45, 2.75) is 27.0 Å². The zero-order valence-corrected chi connectivity index (χ0v) is 10.2. The molecule has 0 saturated carbocycles. The molecule has 0 aliphatic rings. The van der Waals surface area contributed by atoms with Crippen LogP contribution in [-0.4, -0.2) is 23.0 Å². The molecule has 0 saturated heterocycles. The maximum atomic E-state index is 11.7. The van der Waals surface area contributed by atoms with Crippen LogP contribution < -0.4 is 5.32 Å². The standard InChI is InChI=1S/C13H17NO3/c1-13(2,3)10(15)12(17)14-11(16)9-7-5-4-6-8-9/h4-8,12,17H,1-3H3,(H,14,16). The molecular formula is C13H17NO3. The number of aliphatic hydroxyl groups excluding tert-OH is 1. The molecule has 1 aromatic rings. The summed E-state index contributed by atoms with van der Waals surface area (Å²) in [6.07, 6.45) is -1.47. The van der Waals surface area contributed by atoms with Crippen molar-refractivity contribution < 1.29 is 14.7 Å². The molecule has 2 N–H and O–H groups in total. The predicted molar refractivity (Wildman–Crippen MR) is 64.4 cm³/mol. The van der Waals surface area contributed by atoms with Crippen molar-refractivity contribution in [3.8, 4) is 0 Å². The van der Waals surface area contributed by atoms with E-state index < -0.39 is 23.3 Å². The van der Waals surface area contributed by atoms with Crippen molar-refractivity contribution in [1.29, 1.82) is 0 Å². The van der Waals surface area contributed by atoms with E-state index in [1.807, 2.05) is 0 Å². The molecular weight excluding hydrogens is 218 g/mol. The van der Waals surface area contributed by atoms with Crippen molar-refractivity contribution >= 4 is 11.7 Å². The average molecular weight is 235 g/mol. The normalized spacial score (nSPS) is 12.9. The van der Waals surface area contributed by atoms with Crippen LogP contribution in [0.2, 0.25) is 0 Å². The number of hydrogen-bond acceptors (Lipinski definition) is 3. The molecule has 4 nitrogen and oxygen atoms in total. The molecule has 0 fully saturated rings. The van der Waals surface area contributed by atoms with E-state index in [9.17, 15) is 14.7 Å². The summed E-state index contributed by atoms with van der Waals surface area (Å²) in [6.45, 7) is 5.06. The first kappa shape index (κ1) is 13.4. The smallest absolute Gasteiger partial charge is 0.253 e. The first-order valence-corrected chi connectivity index (χ1v) is 5.40. The van der Waals surface area contributed by atoms with E-state index >= 15 is 0 Å². The van der Waals surface area contributed by atoms with Gasteiger partial charge in [0, 0.05) is 11.0 Å². The van der Waals surface area contributed by atoms with E-state index in [0.717, 1.165) is 0 Å². The molecule has 1 aromatic carbocycles. The first-order chi connectivity index (χ1) is 7.82. The number of Topliss-reactive ketones (excluding diaryl/α,β-unsaturated/α-hetero) is 1. The third-order valence-corrected chi connectivity index (χ3v) is 2.29. The minimum atomic E-state index is -1.47. The third kappa shape index (κ3) is 3.67. The summed E-state index contributed by atoms with van der Waals surface area (Å²) in [6, 6.07) is 8.44. The van der Waals surface area contributed by atoms with E-state index in [0.29, 0.717) is 5.56 Å². The van der Waals surface area contributed by atoms with Gasteiger partial charge in [0.05, 0.1) is 0 Å². The molecule has 0 bridgehead atoms. The van der Waals surface area contributed by atoms with Crippen LogP contribution in [0.4, 0.5) is 0 Å². The molecule has 0 radical (unpaired) electrons. The Labute approximate surface area is 101 Å². The highest BCUT2D eigenvalue weighted by atomic mass is 16.3. The van der Waals surface area contributed by atoms with Gasteiger partial charge in [-0.1, -0.05) is 39.0 Å². The Hall–Kier alpha value is -1.68. The van der Waals surface area contributed by atoms with Crippen molar-refractivity contribution in [2.75, 3.05) is 0 Å². The van der Waals surface area contributed by atoms with Gasteiger partial charge in [-0.15, -0.1) is 0 Å². The Balaban J connectivity index is 2.68. The van der Waals surface area contributed by atoms with Crippen LogP contribution in [0.3, 0.4) is 0 Å². The fraction of sp³-hybridized carbons (Fsp3) is 0.385. The van der Waals surface area contributed by atoms with Crippen molar-refractivity contribution in [2.24, 2.45) is 5.41 Å². The number of ketones is 1. The fourth-order valence-electron chi connectivity index (χ4n) is 1.27.